The lowest BCUT2D eigenvalue weighted by Gasteiger charge is -2.38. The monoisotopic (exact) mass is 364 g/mol. The number of halogens is 3. The predicted octanol–water partition coefficient (Wildman–Crippen LogP) is 5.17. The van der Waals surface area contributed by atoms with E-state index in [0.717, 1.165) is 17.3 Å². The molecule has 0 bridgehead atoms. The number of aliphatic imine (C=N–C) groups is 1. The molecule has 2 aromatic rings. The normalized spacial score (nSPS) is 18.0. The quantitative estimate of drug-likeness (QED) is 0.756. The molecule has 1 aromatic carbocycles. The maximum atomic E-state index is 13.8. The molecule has 26 heavy (non-hydrogen) atoms. The van der Waals surface area contributed by atoms with E-state index in [-0.39, 0.29) is 0 Å². The fourth-order valence-corrected chi connectivity index (χ4v) is 3.65. The Bertz CT molecular complexity index is 815. The minimum Gasteiger partial charge on any atom is -0.380 e. The molecule has 3 nitrogen and oxygen atoms in total. The fourth-order valence-electron chi connectivity index (χ4n) is 3.65. The number of aliphatic hydroxyl groups is 1. The van der Waals surface area contributed by atoms with Gasteiger partial charge in [0.25, 0.3) is 0 Å². The van der Waals surface area contributed by atoms with E-state index in [1.807, 2.05) is 24.3 Å². The summed E-state index contributed by atoms with van der Waals surface area (Å²) in [5.41, 5.74) is -1.87. The smallest absolute Gasteiger partial charge is 0.380 e. The molecule has 3 rings (SSSR count). The summed E-state index contributed by atoms with van der Waals surface area (Å²) < 4.78 is 41.5. The Morgan fingerprint density at radius 2 is 1.92 bits per heavy atom. The van der Waals surface area contributed by atoms with Gasteiger partial charge in [-0.15, -0.1) is 0 Å². The van der Waals surface area contributed by atoms with E-state index >= 15 is 0 Å². The van der Waals surface area contributed by atoms with Crippen LogP contribution in [0.1, 0.15) is 38.8 Å². The average molecular weight is 364 g/mol. The largest absolute Gasteiger partial charge is 0.417 e. The topological polar surface area (TPSA) is 48.4 Å². The van der Waals surface area contributed by atoms with Gasteiger partial charge >= 0.3 is 6.18 Å². The number of nitrogens with one attached hydrogen (secondary N) is 1. The Labute approximate surface area is 150 Å². The summed E-state index contributed by atoms with van der Waals surface area (Å²) in [7, 11) is 0. The molecule has 1 aromatic heterocycles. The minimum absolute atomic E-state index is 0.368. The standard InChI is InChI=1S/C20H23F3N2O/c1-18(2,17-9-5-6-10-24-17)13-19(26,20(21,22)23)12-15-11-14-7-3-4-8-16(14)25-15/h3-4,6-8,10-11,25-26H,5,9,12-13H2,1-2H3. The van der Waals surface area contributed by atoms with E-state index < -0.39 is 30.0 Å². The Morgan fingerprint density at radius 3 is 2.54 bits per heavy atom. The van der Waals surface area contributed by atoms with Crippen molar-refractivity contribution < 1.29 is 18.3 Å². The number of hydrogen-bond donors (Lipinski definition) is 2. The van der Waals surface area contributed by atoms with Crippen molar-refractivity contribution in [2.24, 2.45) is 10.4 Å². The van der Waals surface area contributed by atoms with E-state index in [1.165, 1.54) is 0 Å². The van der Waals surface area contributed by atoms with Gasteiger partial charge in [-0.05, 0) is 36.8 Å². The van der Waals surface area contributed by atoms with Crippen molar-refractivity contribution in [2.75, 3.05) is 0 Å². The molecule has 0 saturated carbocycles. The minimum atomic E-state index is -4.74. The molecule has 0 radical (unpaired) electrons. The van der Waals surface area contributed by atoms with Crippen molar-refractivity contribution >= 4 is 16.6 Å². The van der Waals surface area contributed by atoms with Crippen LogP contribution in [0, 0.1) is 5.41 Å². The molecule has 1 atom stereocenters. The van der Waals surface area contributed by atoms with E-state index in [4.69, 9.17) is 0 Å². The highest BCUT2D eigenvalue weighted by molar-refractivity contribution is 5.90. The Kier molecular flexibility index (Phi) is 4.73. The van der Waals surface area contributed by atoms with Gasteiger partial charge < -0.3 is 10.1 Å². The Hall–Kier alpha value is -2.08. The van der Waals surface area contributed by atoms with Crippen molar-refractivity contribution in [3.63, 3.8) is 0 Å². The number of hydrogen-bond acceptors (Lipinski definition) is 2. The van der Waals surface area contributed by atoms with Gasteiger partial charge in [-0.2, -0.15) is 13.2 Å². The van der Waals surface area contributed by atoms with Gasteiger partial charge in [0, 0.05) is 35.0 Å². The van der Waals surface area contributed by atoms with Crippen molar-refractivity contribution in [1.29, 1.82) is 0 Å². The number of fused-ring (bicyclic) bond motifs is 1. The molecule has 1 aliphatic heterocycles. The second kappa shape index (κ2) is 6.58. The summed E-state index contributed by atoms with van der Waals surface area (Å²) in [5, 5.41) is 11.5. The molecule has 1 aliphatic rings. The third-order valence-electron chi connectivity index (χ3n) is 5.00. The second-order valence-electron chi connectivity index (χ2n) is 7.65. The van der Waals surface area contributed by atoms with Crippen LogP contribution < -0.4 is 0 Å². The molecular weight excluding hydrogens is 341 g/mol. The molecule has 1 unspecified atom stereocenters. The van der Waals surface area contributed by atoms with Crippen LogP contribution in [0.3, 0.4) is 0 Å². The van der Waals surface area contributed by atoms with Crippen LogP contribution in [-0.2, 0) is 6.42 Å². The van der Waals surface area contributed by atoms with E-state index in [9.17, 15) is 18.3 Å². The Balaban J connectivity index is 1.91. The third-order valence-corrected chi connectivity index (χ3v) is 5.00. The first kappa shape index (κ1) is 18.7. The first-order valence-corrected chi connectivity index (χ1v) is 8.69. The lowest BCUT2D eigenvalue weighted by molar-refractivity contribution is -0.267. The summed E-state index contributed by atoms with van der Waals surface area (Å²) in [5.74, 6) is 0. The summed E-state index contributed by atoms with van der Waals surface area (Å²) >= 11 is 0. The summed E-state index contributed by atoms with van der Waals surface area (Å²) in [6, 6.07) is 8.94. The maximum absolute atomic E-state index is 13.8. The SMILES string of the molecule is CC(C)(CC(O)(Cc1cc2ccccc2[nH]1)C(F)(F)F)C1=NC=CCC1. The fraction of sp³-hybridized carbons (Fsp3) is 0.450. The van der Waals surface area contributed by atoms with Gasteiger partial charge in [-0.25, -0.2) is 0 Å². The number of benzene rings is 1. The van der Waals surface area contributed by atoms with Crippen LogP contribution in [0.25, 0.3) is 10.9 Å². The van der Waals surface area contributed by atoms with Crippen LogP contribution in [0.4, 0.5) is 13.2 Å². The first-order valence-electron chi connectivity index (χ1n) is 8.69. The summed E-state index contributed by atoms with van der Waals surface area (Å²) in [4.78, 5) is 7.25. The molecule has 2 N–H and O–H groups in total. The number of H-pyrrole nitrogens is 1. The average Bonchev–Trinajstić information content (AvgIpc) is 2.96. The number of alkyl halides is 3. The molecule has 0 saturated heterocycles. The molecule has 6 heteroatoms. The zero-order valence-electron chi connectivity index (χ0n) is 14.9. The molecule has 140 valence electrons. The van der Waals surface area contributed by atoms with Gasteiger partial charge in [-0.1, -0.05) is 38.1 Å². The molecule has 0 fully saturated rings. The molecule has 2 heterocycles. The number of allylic oxidation sites excluding steroid dienone is 1. The lowest BCUT2D eigenvalue weighted by atomic mass is 9.73. The summed E-state index contributed by atoms with van der Waals surface area (Å²) in [6.45, 7) is 3.43. The maximum Gasteiger partial charge on any atom is 0.417 e. The first-order chi connectivity index (χ1) is 12.1. The van der Waals surface area contributed by atoms with Gasteiger partial charge in [-0.3, -0.25) is 4.99 Å². The highest BCUT2D eigenvalue weighted by Gasteiger charge is 2.56. The zero-order valence-corrected chi connectivity index (χ0v) is 14.9. The van der Waals surface area contributed by atoms with Crippen molar-refractivity contribution in [3.8, 4) is 0 Å². The molecule has 0 spiro atoms. The number of aromatic amines is 1. The van der Waals surface area contributed by atoms with Crippen LogP contribution in [0.2, 0.25) is 0 Å². The van der Waals surface area contributed by atoms with Gasteiger partial charge in [0.2, 0.25) is 0 Å². The van der Waals surface area contributed by atoms with Gasteiger partial charge in [0.05, 0.1) is 0 Å². The Morgan fingerprint density at radius 1 is 1.19 bits per heavy atom. The highest BCUT2D eigenvalue weighted by atomic mass is 19.4. The molecule has 0 amide bonds. The van der Waals surface area contributed by atoms with Gasteiger partial charge in [0.1, 0.15) is 0 Å². The van der Waals surface area contributed by atoms with Crippen LogP contribution in [0.5, 0.6) is 0 Å². The second-order valence-corrected chi connectivity index (χ2v) is 7.65. The van der Waals surface area contributed by atoms with Gasteiger partial charge in [0.15, 0.2) is 5.60 Å². The van der Waals surface area contributed by atoms with Crippen molar-refractivity contribution in [2.45, 2.75) is 51.3 Å². The van der Waals surface area contributed by atoms with Crippen LogP contribution in [-0.4, -0.2) is 27.6 Å². The highest BCUT2D eigenvalue weighted by Crippen LogP contribution is 2.43. The number of rotatable bonds is 5. The summed E-state index contributed by atoms with van der Waals surface area (Å²) in [6.07, 6.45) is -0.806. The predicted molar refractivity (Wildman–Crippen MR) is 97.2 cm³/mol. The lowest BCUT2D eigenvalue weighted by Crippen LogP contribution is -2.51. The van der Waals surface area contributed by atoms with E-state index in [1.54, 1.807) is 32.2 Å². The zero-order chi connectivity index (χ0) is 19.0. The van der Waals surface area contributed by atoms with Crippen LogP contribution in [0.15, 0.2) is 47.6 Å². The van der Waals surface area contributed by atoms with E-state index in [0.29, 0.717) is 17.8 Å². The van der Waals surface area contributed by atoms with Crippen molar-refractivity contribution in [3.05, 3.63) is 48.3 Å². The van der Waals surface area contributed by atoms with Crippen molar-refractivity contribution in [1.82, 2.24) is 4.98 Å². The molecule has 0 aliphatic carbocycles. The van der Waals surface area contributed by atoms with E-state index in [2.05, 4.69) is 9.98 Å². The number of nitrogens with zero attached hydrogens (tertiary/aromatic N) is 1. The third kappa shape index (κ3) is 3.70. The molecular formula is C20H23F3N2O. The number of para-hydroxylation sites is 1. The number of aromatic nitrogens is 1. The van der Waals surface area contributed by atoms with Crippen LogP contribution >= 0.6 is 0 Å².